The molecule has 154 valence electrons. The van der Waals surface area contributed by atoms with Crippen LogP contribution in [0, 0.1) is 11.6 Å². The van der Waals surface area contributed by atoms with Crippen molar-refractivity contribution in [2.75, 3.05) is 0 Å². The molecular formula is C25H18F2N2OS. The molecule has 2 heterocycles. The Balaban J connectivity index is 1.51. The number of carbonyl (C=O) groups excluding carboxylic acids is 1. The summed E-state index contributed by atoms with van der Waals surface area (Å²) in [6, 6.07) is 13.6. The van der Waals surface area contributed by atoms with Crippen LogP contribution in [0.15, 0.2) is 60.9 Å². The van der Waals surface area contributed by atoms with Crippen LogP contribution in [0.3, 0.4) is 0 Å². The lowest BCUT2D eigenvalue weighted by molar-refractivity contribution is 0.0991. The zero-order chi connectivity index (χ0) is 21.4. The van der Waals surface area contributed by atoms with E-state index in [1.165, 1.54) is 29.0 Å². The topological polar surface area (TPSA) is 42.9 Å². The number of halogens is 2. The fraction of sp³-hybridized carbons (Fsp3) is 0.160. The minimum Gasteiger partial charge on any atom is -0.291 e. The standard InChI is InChI=1S/C25H18F2N2OS/c26-19-9-8-17(21(27)13-19)12-23(30)25-29-22-5-1-3-15-6-7-16(11-20(15)24(22)31-25)18-4-2-10-28-14-18/h2,4,6-11,13-14H,1,3,5,12H2. The first-order valence-electron chi connectivity index (χ1n) is 10.1. The molecule has 0 aliphatic heterocycles. The molecule has 0 bridgehead atoms. The van der Waals surface area contributed by atoms with Gasteiger partial charge >= 0.3 is 0 Å². The highest BCUT2D eigenvalue weighted by atomic mass is 32.1. The molecule has 0 unspecified atom stereocenters. The summed E-state index contributed by atoms with van der Waals surface area (Å²) in [5.41, 5.74) is 5.51. The Labute approximate surface area is 182 Å². The molecule has 0 saturated heterocycles. The highest BCUT2D eigenvalue weighted by Crippen LogP contribution is 2.39. The number of Topliss-reactive ketones (excluding diaryl/α,β-unsaturated/α-hetero) is 1. The van der Waals surface area contributed by atoms with E-state index < -0.39 is 11.6 Å². The lowest BCUT2D eigenvalue weighted by atomic mass is 9.98. The quantitative estimate of drug-likeness (QED) is 0.368. The molecule has 0 radical (unpaired) electrons. The number of rotatable bonds is 4. The number of ketones is 1. The zero-order valence-corrected chi connectivity index (χ0v) is 17.4. The minimum absolute atomic E-state index is 0.138. The van der Waals surface area contributed by atoms with Crippen LogP contribution < -0.4 is 0 Å². The monoisotopic (exact) mass is 432 g/mol. The summed E-state index contributed by atoms with van der Waals surface area (Å²) in [5, 5.41) is 0.369. The Morgan fingerprint density at radius 3 is 2.74 bits per heavy atom. The van der Waals surface area contributed by atoms with Crippen molar-refractivity contribution < 1.29 is 13.6 Å². The third-order valence-corrected chi connectivity index (χ3v) is 6.68. The van der Waals surface area contributed by atoms with Crippen molar-refractivity contribution in [1.29, 1.82) is 0 Å². The van der Waals surface area contributed by atoms with E-state index in [0.717, 1.165) is 52.6 Å². The molecule has 0 atom stereocenters. The van der Waals surface area contributed by atoms with Gasteiger partial charge < -0.3 is 0 Å². The fourth-order valence-electron chi connectivity index (χ4n) is 3.93. The molecule has 0 fully saturated rings. The van der Waals surface area contributed by atoms with E-state index in [2.05, 4.69) is 28.2 Å². The maximum Gasteiger partial charge on any atom is 0.195 e. The predicted octanol–water partition coefficient (Wildman–Crippen LogP) is 6.06. The summed E-state index contributed by atoms with van der Waals surface area (Å²) in [5.74, 6) is -1.62. The second-order valence-electron chi connectivity index (χ2n) is 7.60. The molecule has 6 heteroatoms. The maximum absolute atomic E-state index is 14.0. The van der Waals surface area contributed by atoms with Crippen LogP contribution in [-0.2, 0) is 19.3 Å². The van der Waals surface area contributed by atoms with E-state index in [1.807, 2.05) is 18.3 Å². The van der Waals surface area contributed by atoms with Gasteiger partial charge in [-0.2, -0.15) is 0 Å². The van der Waals surface area contributed by atoms with Gasteiger partial charge in [0.25, 0.3) is 0 Å². The summed E-state index contributed by atoms with van der Waals surface area (Å²) in [4.78, 5) is 22.7. The first kappa shape index (κ1) is 19.7. The van der Waals surface area contributed by atoms with E-state index in [-0.39, 0.29) is 17.8 Å². The molecule has 0 amide bonds. The van der Waals surface area contributed by atoms with Crippen LogP contribution >= 0.6 is 11.3 Å². The van der Waals surface area contributed by atoms with Crippen molar-refractivity contribution in [2.24, 2.45) is 0 Å². The third kappa shape index (κ3) is 3.91. The minimum atomic E-state index is -0.710. The van der Waals surface area contributed by atoms with Crippen LogP contribution in [0.4, 0.5) is 8.78 Å². The molecule has 2 aromatic carbocycles. The van der Waals surface area contributed by atoms with Crippen molar-refractivity contribution in [3.63, 3.8) is 0 Å². The Morgan fingerprint density at radius 1 is 1.03 bits per heavy atom. The van der Waals surface area contributed by atoms with E-state index >= 15 is 0 Å². The Morgan fingerprint density at radius 2 is 1.94 bits per heavy atom. The number of hydrogen-bond donors (Lipinski definition) is 0. The molecule has 2 aromatic heterocycles. The summed E-state index contributed by atoms with van der Waals surface area (Å²) in [7, 11) is 0. The average molecular weight is 432 g/mol. The fourth-order valence-corrected chi connectivity index (χ4v) is 5.03. The van der Waals surface area contributed by atoms with Gasteiger partial charge in [-0.3, -0.25) is 9.78 Å². The van der Waals surface area contributed by atoms with Gasteiger partial charge in [-0.1, -0.05) is 24.3 Å². The predicted molar refractivity (Wildman–Crippen MR) is 117 cm³/mol. The van der Waals surface area contributed by atoms with Gasteiger partial charge in [0, 0.05) is 30.4 Å². The van der Waals surface area contributed by atoms with Crippen LogP contribution in [0.1, 0.15) is 33.0 Å². The van der Waals surface area contributed by atoms with Gasteiger partial charge in [-0.15, -0.1) is 11.3 Å². The summed E-state index contributed by atoms with van der Waals surface area (Å²) in [6.45, 7) is 0. The number of aryl methyl sites for hydroxylation is 2. The van der Waals surface area contributed by atoms with E-state index in [1.54, 1.807) is 6.20 Å². The van der Waals surface area contributed by atoms with Gasteiger partial charge in [0.2, 0.25) is 0 Å². The lowest BCUT2D eigenvalue weighted by Crippen LogP contribution is -2.05. The third-order valence-electron chi connectivity index (χ3n) is 5.51. The maximum atomic E-state index is 14.0. The smallest absolute Gasteiger partial charge is 0.195 e. The highest BCUT2D eigenvalue weighted by Gasteiger charge is 2.23. The SMILES string of the molecule is O=C(Cc1ccc(F)cc1F)c1nc2c(s1)-c1cc(-c3cccnc3)ccc1CCC2. The van der Waals surface area contributed by atoms with Crippen molar-refractivity contribution in [3.8, 4) is 21.6 Å². The number of pyridine rings is 1. The van der Waals surface area contributed by atoms with Gasteiger partial charge in [-0.25, -0.2) is 13.8 Å². The van der Waals surface area contributed by atoms with Crippen LogP contribution in [-0.4, -0.2) is 15.8 Å². The molecule has 4 aromatic rings. The first-order valence-corrected chi connectivity index (χ1v) is 10.9. The van der Waals surface area contributed by atoms with Crippen molar-refractivity contribution >= 4 is 17.1 Å². The van der Waals surface area contributed by atoms with Crippen LogP contribution in [0.5, 0.6) is 0 Å². The number of thiazole rings is 1. The summed E-state index contributed by atoms with van der Waals surface area (Å²) in [6.07, 6.45) is 6.14. The van der Waals surface area contributed by atoms with Gasteiger partial charge in [-0.05, 0) is 59.7 Å². The second kappa shape index (κ2) is 8.12. The Kier molecular flexibility index (Phi) is 5.16. The molecule has 31 heavy (non-hydrogen) atoms. The molecule has 0 spiro atoms. The van der Waals surface area contributed by atoms with Gasteiger partial charge in [0.1, 0.15) is 11.6 Å². The van der Waals surface area contributed by atoms with Gasteiger partial charge in [0.15, 0.2) is 10.8 Å². The van der Waals surface area contributed by atoms with Crippen LogP contribution in [0.25, 0.3) is 21.6 Å². The summed E-state index contributed by atoms with van der Waals surface area (Å²) < 4.78 is 27.2. The van der Waals surface area contributed by atoms with E-state index in [0.29, 0.717) is 5.01 Å². The number of fused-ring (bicyclic) bond motifs is 3. The Bertz CT molecular complexity index is 1280. The molecular weight excluding hydrogens is 414 g/mol. The normalized spacial score (nSPS) is 12.7. The number of benzene rings is 2. The van der Waals surface area contributed by atoms with Gasteiger partial charge in [0.05, 0.1) is 10.6 Å². The highest BCUT2D eigenvalue weighted by molar-refractivity contribution is 7.17. The zero-order valence-electron chi connectivity index (χ0n) is 16.6. The molecule has 1 aliphatic carbocycles. The number of hydrogen-bond acceptors (Lipinski definition) is 4. The number of carbonyl (C=O) groups is 1. The average Bonchev–Trinajstić information content (AvgIpc) is 3.13. The first-order chi connectivity index (χ1) is 15.1. The lowest BCUT2D eigenvalue weighted by Gasteiger charge is -2.09. The molecule has 1 aliphatic rings. The van der Waals surface area contributed by atoms with Crippen LogP contribution in [0.2, 0.25) is 0 Å². The van der Waals surface area contributed by atoms with Crippen molar-refractivity contribution in [2.45, 2.75) is 25.7 Å². The number of aromatic nitrogens is 2. The van der Waals surface area contributed by atoms with E-state index in [9.17, 15) is 13.6 Å². The molecule has 3 nitrogen and oxygen atoms in total. The molecule has 0 N–H and O–H groups in total. The molecule has 0 saturated carbocycles. The summed E-state index contributed by atoms with van der Waals surface area (Å²) >= 11 is 1.36. The largest absolute Gasteiger partial charge is 0.291 e. The van der Waals surface area contributed by atoms with Crippen molar-refractivity contribution in [3.05, 3.63) is 94.4 Å². The second-order valence-corrected chi connectivity index (χ2v) is 8.60. The molecule has 5 rings (SSSR count). The Hall–Kier alpha value is -3.25. The number of nitrogens with zero attached hydrogens (tertiary/aromatic N) is 2. The van der Waals surface area contributed by atoms with Crippen molar-refractivity contribution in [1.82, 2.24) is 9.97 Å². The van der Waals surface area contributed by atoms with E-state index in [4.69, 9.17) is 0 Å².